The first-order valence-corrected chi connectivity index (χ1v) is 4.89. The van der Waals surface area contributed by atoms with Crippen LogP contribution in [-0.4, -0.2) is 28.6 Å². The molecule has 78 valence electrons. The first-order chi connectivity index (χ1) is 7.16. The van der Waals surface area contributed by atoms with Crippen molar-refractivity contribution in [3.63, 3.8) is 0 Å². The lowest BCUT2D eigenvalue weighted by molar-refractivity contribution is 0.0766. The van der Waals surface area contributed by atoms with Crippen molar-refractivity contribution in [3.05, 3.63) is 42.0 Å². The molecule has 0 saturated carbocycles. The molecule has 2 rings (SSSR count). The normalized spacial score (nSPS) is 16.8. The maximum atomic E-state index is 12.0. The third-order valence-corrected chi connectivity index (χ3v) is 2.68. The first-order valence-electron chi connectivity index (χ1n) is 4.89. The minimum Gasteiger partial charge on any atom is -0.394 e. The minimum atomic E-state index is -0.225. The number of fused-ring (bicyclic) bond motifs is 1. The van der Waals surface area contributed by atoms with Crippen LogP contribution in [0.15, 0.2) is 30.8 Å². The molecular weight excluding hydrogens is 190 g/mol. The Morgan fingerprint density at radius 2 is 2.00 bits per heavy atom. The molecule has 1 amide bonds. The van der Waals surface area contributed by atoms with Crippen molar-refractivity contribution in [2.24, 2.45) is 0 Å². The van der Waals surface area contributed by atoms with Crippen LogP contribution in [0.4, 0.5) is 0 Å². The van der Waals surface area contributed by atoms with Crippen molar-refractivity contribution in [1.29, 1.82) is 0 Å². The molecule has 1 atom stereocenters. The van der Waals surface area contributed by atoms with Crippen LogP contribution >= 0.6 is 0 Å². The molecule has 1 aliphatic heterocycles. The highest BCUT2D eigenvalue weighted by Gasteiger charge is 2.33. The van der Waals surface area contributed by atoms with Gasteiger partial charge in [0.2, 0.25) is 0 Å². The van der Waals surface area contributed by atoms with Crippen LogP contribution in [0.2, 0.25) is 0 Å². The molecular formula is C12H13NO2. The maximum absolute atomic E-state index is 12.0. The summed E-state index contributed by atoms with van der Waals surface area (Å²) in [6.45, 7) is 5.63. The molecule has 0 fully saturated rings. The Morgan fingerprint density at radius 1 is 1.40 bits per heavy atom. The fraction of sp³-hybridized carbons (Fsp3) is 0.250. The lowest BCUT2D eigenvalue weighted by Crippen LogP contribution is -2.34. The summed E-state index contributed by atoms with van der Waals surface area (Å²) < 4.78 is 0. The van der Waals surface area contributed by atoms with Crippen LogP contribution < -0.4 is 0 Å². The Morgan fingerprint density at radius 3 is 2.53 bits per heavy atom. The molecule has 3 heteroatoms. The molecule has 0 aliphatic carbocycles. The summed E-state index contributed by atoms with van der Waals surface area (Å²) in [5.41, 5.74) is 2.21. The Hall–Kier alpha value is -1.61. The summed E-state index contributed by atoms with van der Waals surface area (Å²) in [6.07, 6.45) is 0. The molecule has 3 nitrogen and oxygen atoms in total. The molecule has 1 N–H and O–H groups in total. The van der Waals surface area contributed by atoms with E-state index in [1.54, 1.807) is 17.9 Å². The lowest BCUT2D eigenvalue weighted by Gasteiger charge is -2.23. The van der Waals surface area contributed by atoms with Crippen molar-refractivity contribution in [3.8, 4) is 0 Å². The van der Waals surface area contributed by atoms with Crippen molar-refractivity contribution >= 4 is 11.6 Å². The van der Waals surface area contributed by atoms with E-state index in [1.165, 1.54) is 0 Å². The zero-order valence-corrected chi connectivity index (χ0v) is 8.60. The molecule has 0 spiro atoms. The molecule has 1 heterocycles. The van der Waals surface area contributed by atoms with Gasteiger partial charge in [0, 0.05) is 16.8 Å². The van der Waals surface area contributed by atoms with E-state index < -0.39 is 0 Å². The monoisotopic (exact) mass is 203 g/mol. The maximum Gasteiger partial charge on any atom is 0.259 e. The van der Waals surface area contributed by atoms with Gasteiger partial charge in [0.15, 0.2) is 0 Å². The second-order valence-electron chi connectivity index (χ2n) is 3.70. The van der Waals surface area contributed by atoms with Gasteiger partial charge in [-0.15, -0.1) is 0 Å². The van der Waals surface area contributed by atoms with E-state index in [1.807, 2.05) is 18.2 Å². The Labute approximate surface area is 88.6 Å². The second kappa shape index (κ2) is 3.51. The van der Waals surface area contributed by atoms with Gasteiger partial charge >= 0.3 is 0 Å². The van der Waals surface area contributed by atoms with Crippen LogP contribution in [0.1, 0.15) is 22.8 Å². The molecule has 1 aromatic carbocycles. The highest BCUT2D eigenvalue weighted by atomic mass is 16.3. The molecule has 0 aromatic heterocycles. The van der Waals surface area contributed by atoms with Crippen LogP contribution in [0.3, 0.4) is 0 Å². The summed E-state index contributed by atoms with van der Waals surface area (Å²) in [6, 6.07) is 7.14. The molecule has 0 unspecified atom stereocenters. The number of benzene rings is 1. The lowest BCUT2D eigenvalue weighted by atomic mass is 10.1. The van der Waals surface area contributed by atoms with E-state index in [9.17, 15) is 4.79 Å². The Bertz CT molecular complexity index is 390. The van der Waals surface area contributed by atoms with Crippen LogP contribution in [0, 0.1) is 0 Å². The van der Waals surface area contributed by atoms with Gasteiger partial charge in [-0.05, 0) is 13.0 Å². The van der Waals surface area contributed by atoms with Gasteiger partial charge < -0.3 is 10.0 Å². The largest absolute Gasteiger partial charge is 0.394 e. The smallest absolute Gasteiger partial charge is 0.259 e. The van der Waals surface area contributed by atoms with E-state index in [2.05, 4.69) is 6.58 Å². The number of amides is 1. The summed E-state index contributed by atoms with van der Waals surface area (Å²) in [4.78, 5) is 13.5. The first kappa shape index (κ1) is 9.93. The number of nitrogens with zero attached hydrogens (tertiary/aromatic N) is 1. The van der Waals surface area contributed by atoms with Gasteiger partial charge in [0.25, 0.3) is 5.91 Å². The third-order valence-electron chi connectivity index (χ3n) is 2.68. The highest BCUT2D eigenvalue weighted by Crippen LogP contribution is 2.32. The SMILES string of the molecule is C=C1c2ccccc2C(=O)N1[C@H](C)CO. The number of hydrogen-bond donors (Lipinski definition) is 1. The van der Waals surface area contributed by atoms with Gasteiger partial charge in [-0.2, -0.15) is 0 Å². The predicted octanol–water partition coefficient (Wildman–Crippen LogP) is 1.49. The Balaban J connectivity index is 2.45. The molecule has 0 radical (unpaired) electrons. The summed E-state index contributed by atoms with van der Waals surface area (Å²) in [5, 5.41) is 9.07. The van der Waals surface area contributed by atoms with E-state index in [0.29, 0.717) is 11.3 Å². The molecule has 0 bridgehead atoms. The molecule has 1 aliphatic rings. The van der Waals surface area contributed by atoms with Crippen LogP contribution in [-0.2, 0) is 0 Å². The number of aliphatic hydroxyl groups excluding tert-OH is 1. The third kappa shape index (κ3) is 1.36. The summed E-state index contributed by atoms with van der Waals surface area (Å²) >= 11 is 0. The topological polar surface area (TPSA) is 40.5 Å². The van der Waals surface area contributed by atoms with Gasteiger partial charge in [0.1, 0.15) is 0 Å². The number of hydrogen-bond acceptors (Lipinski definition) is 2. The summed E-state index contributed by atoms with van der Waals surface area (Å²) in [5.74, 6) is -0.0721. The van der Waals surface area contributed by atoms with Gasteiger partial charge in [0.05, 0.1) is 12.6 Å². The zero-order valence-electron chi connectivity index (χ0n) is 8.60. The van der Waals surface area contributed by atoms with Crippen LogP contribution in [0.25, 0.3) is 5.70 Å². The fourth-order valence-electron chi connectivity index (χ4n) is 1.85. The van der Waals surface area contributed by atoms with E-state index in [4.69, 9.17) is 5.11 Å². The quantitative estimate of drug-likeness (QED) is 0.791. The van der Waals surface area contributed by atoms with E-state index in [0.717, 1.165) is 5.56 Å². The average molecular weight is 203 g/mol. The van der Waals surface area contributed by atoms with Gasteiger partial charge in [-0.3, -0.25) is 4.79 Å². The predicted molar refractivity (Wildman–Crippen MR) is 58.2 cm³/mol. The number of carbonyl (C=O) groups excluding carboxylic acids is 1. The second-order valence-corrected chi connectivity index (χ2v) is 3.70. The van der Waals surface area contributed by atoms with Crippen molar-refractivity contribution < 1.29 is 9.90 Å². The van der Waals surface area contributed by atoms with Crippen molar-refractivity contribution in [1.82, 2.24) is 4.90 Å². The number of carbonyl (C=O) groups is 1. The fourth-order valence-corrected chi connectivity index (χ4v) is 1.85. The molecule has 15 heavy (non-hydrogen) atoms. The average Bonchev–Trinajstić information content (AvgIpc) is 2.52. The highest BCUT2D eigenvalue weighted by molar-refractivity contribution is 6.09. The van der Waals surface area contributed by atoms with E-state index in [-0.39, 0.29) is 18.6 Å². The van der Waals surface area contributed by atoms with Crippen LogP contribution in [0.5, 0.6) is 0 Å². The standard InChI is InChI=1S/C12H13NO2/c1-8(7-14)13-9(2)10-5-3-4-6-11(10)12(13)15/h3-6,8,14H,2,7H2,1H3/t8-/m1/s1. The number of aliphatic hydroxyl groups is 1. The number of rotatable bonds is 2. The van der Waals surface area contributed by atoms with Crippen molar-refractivity contribution in [2.75, 3.05) is 6.61 Å². The Kier molecular flexibility index (Phi) is 2.32. The summed E-state index contributed by atoms with van der Waals surface area (Å²) in [7, 11) is 0. The van der Waals surface area contributed by atoms with Gasteiger partial charge in [-0.25, -0.2) is 0 Å². The van der Waals surface area contributed by atoms with Crippen molar-refractivity contribution in [2.45, 2.75) is 13.0 Å². The van der Waals surface area contributed by atoms with E-state index >= 15 is 0 Å². The zero-order chi connectivity index (χ0) is 11.0. The van der Waals surface area contributed by atoms with Gasteiger partial charge in [-0.1, -0.05) is 24.8 Å². The molecule has 0 saturated heterocycles. The molecule has 1 aromatic rings. The minimum absolute atomic E-state index is 0.0568.